The van der Waals surface area contributed by atoms with Crippen LogP contribution < -0.4 is 10.4 Å². The molecule has 3 aliphatic rings. The lowest BCUT2D eigenvalue weighted by Gasteiger charge is -2.64. The number of carbonyl (C=O) groups is 1. The summed E-state index contributed by atoms with van der Waals surface area (Å²) in [6, 6.07) is 4.89. The number of aliphatic hydroxyl groups excluding tert-OH is 3. The molecular formula is C25H29NO7. The van der Waals surface area contributed by atoms with Gasteiger partial charge in [0.2, 0.25) is 0 Å². The number of pyridine rings is 1. The minimum atomic E-state index is -1.27. The van der Waals surface area contributed by atoms with E-state index in [-0.39, 0.29) is 36.0 Å². The number of fused-ring (bicyclic) bond motifs is 4. The zero-order valence-corrected chi connectivity index (χ0v) is 18.9. The van der Waals surface area contributed by atoms with Crippen LogP contribution >= 0.6 is 0 Å². The molecule has 3 N–H and O–H groups in total. The van der Waals surface area contributed by atoms with Gasteiger partial charge in [0.15, 0.2) is 5.78 Å². The number of aromatic nitrogens is 1. The fourth-order valence-corrected chi connectivity index (χ4v) is 6.84. The lowest BCUT2D eigenvalue weighted by molar-refractivity contribution is -0.226. The van der Waals surface area contributed by atoms with Crippen molar-refractivity contribution in [1.82, 2.24) is 4.98 Å². The van der Waals surface area contributed by atoms with Crippen molar-refractivity contribution in [3.63, 3.8) is 0 Å². The van der Waals surface area contributed by atoms with E-state index in [2.05, 4.69) is 4.98 Å². The van der Waals surface area contributed by atoms with E-state index in [4.69, 9.17) is 9.15 Å². The summed E-state index contributed by atoms with van der Waals surface area (Å²) >= 11 is 0. The van der Waals surface area contributed by atoms with Crippen molar-refractivity contribution < 1.29 is 29.3 Å². The standard InChI is InChI=1S/C25H29NO7/c1-23-7-4-17(28)24(2,12-27)16(23)11-18(29)25(3)21(23)20(30)19-15(33-25)10-14(32-22(19)31)13-5-8-26-9-6-13/h5-6,8-10,16-18,21,27-29H,4,7,11-12H2,1-3H3/t16?,17-,18-,21?,23-,24?,25+/m0/s1. The van der Waals surface area contributed by atoms with E-state index in [1.807, 2.05) is 6.92 Å². The molecule has 3 heterocycles. The minimum Gasteiger partial charge on any atom is -0.483 e. The average molecular weight is 456 g/mol. The fourth-order valence-electron chi connectivity index (χ4n) is 6.84. The first-order valence-corrected chi connectivity index (χ1v) is 11.3. The Bertz CT molecular complexity index is 1160. The quantitative estimate of drug-likeness (QED) is 0.628. The highest BCUT2D eigenvalue weighted by Crippen LogP contribution is 2.64. The second kappa shape index (κ2) is 7.22. The Morgan fingerprint density at radius 2 is 1.82 bits per heavy atom. The number of hydrogen-bond donors (Lipinski definition) is 3. The van der Waals surface area contributed by atoms with E-state index in [9.17, 15) is 24.9 Å². The molecule has 33 heavy (non-hydrogen) atoms. The first kappa shape index (κ1) is 22.3. The molecule has 2 aromatic rings. The van der Waals surface area contributed by atoms with E-state index < -0.39 is 46.0 Å². The number of hydrogen-bond acceptors (Lipinski definition) is 8. The molecule has 2 fully saturated rings. The van der Waals surface area contributed by atoms with Gasteiger partial charge in [-0.1, -0.05) is 13.8 Å². The molecule has 2 aliphatic carbocycles. The molecule has 0 radical (unpaired) electrons. The first-order chi connectivity index (χ1) is 15.6. The van der Waals surface area contributed by atoms with Crippen LogP contribution in [0, 0.1) is 22.7 Å². The summed E-state index contributed by atoms with van der Waals surface area (Å²) < 4.78 is 11.8. The Balaban J connectivity index is 1.66. The van der Waals surface area contributed by atoms with Crippen molar-refractivity contribution >= 4 is 5.78 Å². The third-order valence-electron chi connectivity index (χ3n) is 8.72. The highest BCUT2D eigenvalue weighted by Gasteiger charge is 2.69. The van der Waals surface area contributed by atoms with Gasteiger partial charge in [-0.05, 0) is 49.7 Å². The topological polar surface area (TPSA) is 130 Å². The molecule has 0 saturated heterocycles. The number of rotatable bonds is 2. The Hall–Kier alpha value is -2.55. The van der Waals surface area contributed by atoms with Crippen molar-refractivity contribution in [2.75, 3.05) is 6.61 Å². The lowest BCUT2D eigenvalue weighted by atomic mass is 9.43. The van der Waals surface area contributed by atoms with Gasteiger partial charge in [-0.2, -0.15) is 0 Å². The predicted octanol–water partition coefficient (Wildman–Crippen LogP) is 2.19. The molecule has 0 bridgehead atoms. The molecule has 0 spiro atoms. The average Bonchev–Trinajstić information content (AvgIpc) is 2.78. The lowest BCUT2D eigenvalue weighted by Crippen LogP contribution is -2.71. The normalized spacial score (nSPS) is 39.8. The van der Waals surface area contributed by atoms with Gasteiger partial charge in [-0.15, -0.1) is 0 Å². The van der Waals surface area contributed by atoms with Gasteiger partial charge in [0, 0.05) is 29.4 Å². The van der Waals surface area contributed by atoms with Crippen molar-refractivity contribution in [2.24, 2.45) is 22.7 Å². The maximum Gasteiger partial charge on any atom is 0.351 e. The highest BCUT2D eigenvalue weighted by molar-refractivity contribution is 6.02. The number of aliphatic hydroxyl groups is 3. The minimum absolute atomic E-state index is 0.101. The molecule has 176 valence electrons. The Kier molecular flexibility index (Phi) is 4.87. The molecule has 7 atom stereocenters. The second-order valence-electron chi connectivity index (χ2n) is 10.5. The Labute approximate surface area is 191 Å². The molecule has 0 amide bonds. The second-order valence-corrected chi connectivity index (χ2v) is 10.5. The van der Waals surface area contributed by atoms with Crippen molar-refractivity contribution in [3.05, 3.63) is 46.6 Å². The molecule has 2 aromatic heterocycles. The third-order valence-corrected chi connectivity index (χ3v) is 8.72. The number of ketones is 1. The molecular weight excluding hydrogens is 426 g/mol. The van der Waals surface area contributed by atoms with Crippen LogP contribution in [0.1, 0.15) is 50.4 Å². The maximum atomic E-state index is 13.9. The van der Waals surface area contributed by atoms with Gasteiger partial charge in [0.1, 0.15) is 22.7 Å². The monoisotopic (exact) mass is 455 g/mol. The maximum absolute atomic E-state index is 13.9. The van der Waals surface area contributed by atoms with Crippen LogP contribution in [0.5, 0.6) is 5.75 Å². The highest BCUT2D eigenvalue weighted by atomic mass is 16.5. The molecule has 0 aromatic carbocycles. The smallest absolute Gasteiger partial charge is 0.351 e. The van der Waals surface area contributed by atoms with Crippen LogP contribution in [0.2, 0.25) is 0 Å². The predicted molar refractivity (Wildman–Crippen MR) is 118 cm³/mol. The van der Waals surface area contributed by atoms with Crippen LogP contribution in [0.15, 0.2) is 39.8 Å². The zero-order chi connectivity index (χ0) is 23.8. The first-order valence-electron chi connectivity index (χ1n) is 11.3. The molecule has 1 aliphatic heterocycles. The Morgan fingerprint density at radius 3 is 2.48 bits per heavy atom. The van der Waals surface area contributed by atoms with Crippen LogP contribution in [-0.4, -0.2) is 50.5 Å². The summed E-state index contributed by atoms with van der Waals surface area (Å²) in [4.78, 5) is 30.9. The van der Waals surface area contributed by atoms with E-state index in [1.165, 1.54) is 6.07 Å². The molecule has 8 heteroatoms. The van der Waals surface area contributed by atoms with Crippen molar-refractivity contribution in [3.8, 4) is 17.1 Å². The number of ether oxygens (including phenoxy) is 1. The summed E-state index contributed by atoms with van der Waals surface area (Å²) in [6.07, 6.45) is 2.52. The summed E-state index contributed by atoms with van der Waals surface area (Å²) in [7, 11) is 0. The van der Waals surface area contributed by atoms with Crippen LogP contribution in [-0.2, 0) is 0 Å². The van der Waals surface area contributed by atoms with Crippen molar-refractivity contribution in [1.29, 1.82) is 0 Å². The van der Waals surface area contributed by atoms with Gasteiger partial charge in [-0.3, -0.25) is 9.78 Å². The molecule has 2 saturated carbocycles. The Morgan fingerprint density at radius 1 is 1.12 bits per heavy atom. The van der Waals surface area contributed by atoms with Gasteiger partial charge >= 0.3 is 5.63 Å². The van der Waals surface area contributed by atoms with Crippen LogP contribution in [0.4, 0.5) is 0 Å². The summed E-state index contributed by atoms with van der Waals surface area (Å²) in [5, 5.41) is 32.2. The number of Topliss-reactive ketones (excluding diaryl/α,β-unsaturated/α-hetero) is 1. The third kappa shape index (κ3) is 2.90. The van der Waals surface area contributed by atoms with Crippen LogP contribution in [0.25, 0.3) is 11.3 Å². The molecule has 8 nitrogen and oxygen atoms in total. The molecule has 5 rings (SSSR count). The van der Waals surface area contributed by atoms with Gasteiger partial charge in [0.25, 0.3) is 0 Å². The summed E-state index contributed by atoms with van der Waals surface area (Å²) in [6.45, 7) is 5.19. The summed E-state index contributed by atoms with van der Waals surface area (Å²) in [5.41, 5.74) is -3.17. The van der Waals surface area contributed by atoms with Crippen molar-refractivity contribution in [2.45, 2.75) is 57.8 Å². The van der Waals surface area contributed by atoms with E-state index in [0.717, 1.165) is 0 Å². The van der Waals surface area contributed by atoms with Gasteiger partial charge in [0.05, 0.1) is 24.7 Å². The van der Waals surface area contributed by atoms with Crippen LogP contribution in [0.3, 0.4) is 0 Å². The zero-order valence-electron chi connectivity index (χ0n) is 18.9. The van der Waals surface area contributed by atoms with Gasteiger partial charge in [-0.25, -0.2) is 4.79 Å². The number of nitrogens with zero attached hydrogens (tertiary/aromatic N) is 1. The SMILES string of the molecule is CC1(CO)C2C[C@H](O)[C@@]3(C)Oc4cc(-c5ccncc5)oc(=O)c4C(=O)C3[C@@]2(C)CC[C@@H]1O. The summed E-state index contributed by atoms with van der Waals surface area (Å²) in [5.74, 6) is -1.25. The number of carbonyl (C=O) groups excluding carboxylic acids is 1. The van der Waals surface area contributed by atoms with E-state index in [0.29, 0.717) is 18.4 Å². The largest absolute Gasteiger partial charge is 0.483 e. The fraction of sp³-hybridized carbons (Fsp3) is 0.560. The van der Waals surface area contributed by atoms with Gasteiger partial charge < -0.3 is 24.5 Å². The van der Waals surface area contributed by atoms with E-state index in [1.54, 1.807) is 38.4 Å². The molecule has 3 unspecified atom stereocenters. The van der Waals surface area contributed by atoms with E-state index >= 15 is 0 Å².